The summed E-state index contributed by atoms with van der Waals surface area (Å²) in [5.74, 6) is 1.28. The van der Waals surface area contributed by atoms with Crippen LogP contribution < -0.4 is 10.1 Å². The van der Waals surface area contributed by atoms with Gasteiger partial charge in [0, 0.05) is 16.9 Å². The van der Waals surface area contributed by atoms with E-state index < -0.39 is 6.10 Å². The molecule has 1 N–H and O–H groups in total. The van der Waals surface area contributed by atoms with Crippen LogP contribution in [0.4, 0.5) is 5.13 Å². The van der Waals surface area contributed by atoms with Gasteiger partial charge in [0.25, 0.3) is 5.91 Å². The number of nitrogens with one attached hydrogen (secondary N) is 1. The van der Waals surface area contributed by atoms with Crippen molar-refractivity contribution >= 4 is 22.4 Å². The molecule has 0 fully saturated rings. The third-order valence-electron chi connectivity index (χ3n) is 3.88. The molecule has 0 unspecified atom stereocenters. The Bertz CT molecular complexity index is 841. The van der Waals surface area contributed by atoms with Crippen LogP contribution in [0.3, 0.4) is 0 Å². The average molecular weight is 326 g/mol. The lowest BCUT2D eigenvalue weighted by Crippen LogP contribution is -2.33. The molecular formula is C17H14N2O3S. The van der Waals surface area contributed by atoms with Crippen LogP contribution >= 0.6 is 11.3 Å². The molecule has 4 rings (SSSR count). The number of anilines is 1. The smallest absolute Gasteiger partial charge is 0.267 e. The van der Waals surface area contributed by atoms with Gasteiger partial charge in [-0.1, -0.05) is 25.1 Å². The lowest BCUT2D eigenvalue weighted by Gasteiger charge is -2.13. The molecule has 3 heterocycles. The maximum absolute atomic E-state index is 12.5. The first kappa shape index (κ1) is 14.0. The van der Waals surface area contributed by atoms with E-state index in [9.17, 15) is 4.79 Å². The number of para-hydroxylation sites is 1. The number of amides is 1. The first-order valence-electron chi connectivity index (χ1n) is 7.28. The van der Waals surface area contributed by atoms with Gasteiger partial charge in [0.05, 0.1) is 6.26 Å². The van der Waals surface area contributed by atoms with Crippen molar-refractivity contribution in [2.24, 2.45) is 0 Å². The molecule has 1 amide bonds. The van der Waals surface area contributed by atoms with Crippen LogP contribution in [0.2, 0.25) is 0 Å². The van der Waals surface area contributed by atoms with E-state index in [0.29, 0.717) is 16.6 Å². The summed E-state index contributed by atoms with van der Waals surface area (Å²) in [5.41, 5.74) is 1.77. The maximum atomic E-state index is 12.5. The number of aromatic nitrogens is 1. The van der Waals surface area contributed by atoms with Crippen LogP contribution in [0.1, 0.15) is 18.4 Å². The molecule has 6 heteroatoms. The van der Waals surface area contributed by atoms with Gasteiger partial charge in [-0.3, -0.25) is 10.1 Å². The predicted octanol–water partition coefficient (Wildman–Crippen LogP) is 3.91. The predicted molar refractivity (Wildman–Crippen MR) is 87.7 cm³/mol. The number of nitrogens with zero attached hydrogens (tertiary/aromatic N) is 1. The molecular weight excluding hydrogens is 312 g/mol. The van der Waals surface area contributed by atoms with Gasteiger partial charge in [-0.05, 0) is 18.2 Å². The Balaban J connectivity index is 1.49. The standard InChI is InChI=1S/C17H14N2O3S/c1-10-11-5-2-3-6-13(11)22-15(10)16(20)19-17-18-12(9-23-17)14-7-4-8-21-14/h2-10,15H,1H3,(H,18,19,20)/t10-,15+/m1/s1. The molecule has 2 atom stereocenters. The van der Waals surface area contributed by atoms with Crippen molar-refractivity contribution in [3.8, 4) is 17.2 Å². The molecule has 0 saturated carbocycles. The molecule has 3 aromatic rings. The summed E-state index contributed by atoms with van der Waals surface area (Å²) in [7, 11) is 0. The third-order valence-corrected chi connectivity index (χ3v) is 4.64. The monoisotopic (exact) mass is 326 g/mol. The number of benzene rings is 1. The Morgan fingerprint density at radius 2 is 2.13 bits per heavy atom. The van der Waals surface area contributed by atoms with E-state index in [1.807, 2.05) is 42.6 Å². The van der Waals surface area contributed by atoms with Crippen LogP contribution in [0.15, 0.2) is 52.5 Å². The molecule has 1 aliphatic heterocycles. The van der Waals surface area contributed by atoms with Gasteiger partial charge in [0.2, 0.25) is 0 Å². The lowest BCUT2D eigenvalue weighted by molar-refractivity contribution is -0.122. The fraction of sp³-hybridized carbons (Fsp3) is 0.176. The Hall–Kier alpha value is -2.60. The molecule has 2 aromatic heterocycles. The summed E-state index contributed by atoms with van der Waals surface area (Å²) in [5, 5.41) is 5.22. The zero-order chi connectivity index (χ0) is 15.8. The molecule has 0 radical (unpaired) electrons. The van der Waals surface area contributed by atoms with Crippen molar-refractivity contribution in [3.05, 3.63) is 53.6 Å². The highest BCUT2D eigenvalue weighted by Gasteiger charge is 2.36. The van der Waals surface area contributed by atoms with Gasteiger partial charge < -0.3 is 9.15 Å². The Labute approximate surface area is 136 Å². The zero-order valence-electron chi connectivity index (χ0n) is 12.4. The van der Waals surface area contributed by atoms with Crippen molar-refractivity contribution in [2.45, 2.75) is 18.9 Å². The van der Waals surface area contributed by atoms with E-state index >= 15 is 0 Å². The van der Waals surface area contributed by atoms with E-state index in [1.54, 1.807) is 12.3 Å². The minimum absolute atomic E-state index is 0.00991. The second-order valence-electron chi connectivity index (χ2n) is 5.37. The minimum atomic E-state index is -0.539. The average Bonchev–Trinajstić information content (AvgIpc) is 3.27. The number of carbonyl (C=O) groups excluding carboxylic acids is 1. The van der Waals surface area contributed by atoms with E-state index in [2.05, 4.69) is 10.3 Å². The number of thiazole rings is 1. The van der Waals surface area contributed by atoms with E-state index in [1.165, 1.54) is 11.3 Å². The second-order valence-corrected chi connectivity index (χ2v) is 6.23. The number of hydrogen-bond acceptors (Lipinski definition) is 5. The van der Waals surface area contributed by atoms with E-state index in [-0.39, 0.29) is 11.8 Å². The maximum Gasteiger partial charge on any atom is 0.267 e. The summed E-state index contributed by atoms with van der Waals surface area (Å²) in [6.45, 7) is 1.99. The highest BCUT2D eigenvalue weighted by molar-refractivity contribution is 7.14. The van der Waals surface area contributed by atoms with Crippen molar-refractivity contribution in [1.82, 2.24) is 4.98 Å². The topological polar surface area (TPSA) is 64.4 Å². The van der Waals surface area contributed by atoms with Gasteiger partial charge in [-0.25, -0.2) is 4.98 Å². The molecule has 1 aliphatic rings. The molecule has 0 spiro atoms. The van der Waals surface area contributed by atoms with E-state index in [0.717, 1.165) is 11.3 Å². The zero-order valence-corrected chi connectivity index (χ0v) is 13.2. The number of hydrogen-bond donors (Lipinski definition) is 1. The Morgan fingerprint density at radius 3 is 2.91 bits per heavy atom. The summed E-state index contributed by atoms with van der Waals surface area (Å²) in [4.78, 5) is 16.9. The fourth-order valence-electron chi connectivity index (χ4n) is 2.69. The summed E-state index contributed by atoms with van der Waals surface area (Å²) in [6.07, 6.45) is 1.06. The largest absolute Gasteiger partial charge is 0.480 e. The van der Waals surface area contributed by atoms with Gasteiger partial charge in [-0.15, -0.1) is 11.3 Å². The van der Waals surface area contributed by atoms with Crippen molar-refractivity contribution in [1.29, 1.82) is 0 Å². The third kappa shape index (κ3) is 2.51. The van der Waals surface area contributed by atoms with Gasteiger partial charge in [-0.2, -0.15) is 0 Å². The number of carbonyl (C=O) groups is 1. The quantitative estimate of drug-likeness (QED) is 0.792. The van der Waals surface area contributed by atoms with Crippen LogP contribution in [0.25, 0.3) is 11.5 Å². The number of ether oxygens (including phenoxy) is 1. The lowest BCUT2D eigenvalue weighted by atomic mass is 9.97. The number of fused-ring (bicyclic) bond motifs is 1. The molecule has 5 nitrogen and oxygen atoms in total. The summed E-state index contributed by atoms with van der Waals surface area (Å²) >= 11 is 1.36. The van der Waals surface area contributed by atoms with Crippen LogP contribution in [0, 0.1) is 0 Å². The highest BCUT2D eigenvalue weighted by atomic mass is 32.1. The van der Waals surface area contributed by atoms with Gasteiger partial charge in [0.1, 0.15) is 11.4 Å². The summed E-state index contributed by atoms with van der Waals surface area (Å²) < 4.78 is 11.1. The number of rotatable bonds is 3. The first-order chi connectivity index (χ1) is 11.2. The molecule has 0 bridgehead atoms. The van der Waals surface area contributed by atoms with Crippen LogP contribution in [-0.4, -0.2) is 17.0 Å². The first-order valence-corrected chi connectivity index (χ1v) is 8.16. The molecule has 23 heavy (non-hydrogen) atoms. The van der Waals surface area contributed by atoms with E-state index in [4.69, 9.17) is 9.15 Å². The SMILES string of the molecule is C[C@@H]1c2ccccc2O[C@@H]1C(=O)Nc1nc(-c2ccco2)cs1. The Morgan fingerprint density at radius 1 is 1.26 bits per heavy atom. The second kappa shape index (κ2) is 5.55. The van der Waals surface area contributed by atoms with Gasteiger partial charge in [0.15, 0.2) is 17.0 Å². The van der Waals surface area contributed by atoms with Crippen LogP contribution in [0.5, 0.6) is 5.75 Å². The normalized spacial score (nSPS) is 19.2. The summed E-state index contributed by atoms with van der Waals surface area (Å²) in [6, 6.07) is 11.4. The molecule has 0 aliphatic carbocycles. The highest BCUT2D eigenvalue weighted by Crippen LogP contribution is 2.38. The minimum Gasteiger partial charge on any atom is -0.480 e. The van der Waals surface area contributed by atoms with Crippen LogP contribution in [-0.2, 0) is 4.79 Å². The van der Waals surface area contributed by atoms with Crippen molar-refractivity contribution < 1.29 is 13.9 Å². The number of furan rings is 1. The fourth-order valence-corrected chi connectivity index (χ4v) is 3.39. The van der Waals surface area contributed by atoms with Crippen molar-refractivity contribution in [2.75, 3.05) is 5.32 Å². The van der Waals surface area contributed by atoms with Crippen molar-refractivity contribution in [3.63, 3.8) is 0 Å². The Kier molecular flexibility index (Phi) is 3.38. The molecule has 0 saturated heterocycles. The van der Waals surface area contributed by atoms with Gasteiger partial charge >= 0.3 is 0 Å². The molecule has 116 valence electrons. The molecule has 1 aromatic carbocycles.